The molecule has 1 saturated heterocycles. The Balaban J connectivity index is 1.96. The van der Waals surface area contributed by atoms with Crippen LogP contribution in [0.1, 0.15) is 28.2 Å². The Morgan fingerprint density at radius 1 is 1.27 bits per heavy atom. The van der Waals surface area contributed by atoms with Gasteiger partial charge in [-0.2, -0.15) is 0 Å². The highest BCUT2D eigenvalue weighted by atomic mass is 35.5. The molecule has 1 aliphatic rings. The molecule has 0 saturated carbocycles. The molecular weight excluding hydrogens is 300 g/mol. The van der Waals surface area contributed by atoms with Crippen LogP contribution in [0.2, 0.25) is 5.02 Å². The lowest BCUT2D eigenvalue weighted by atomic mass is 10.2. The fraction of sp³-hybridized carbons (Fsp3) is 0.353. The average Bonchev–Trinajstić information content (AvgIpc) is 3.04. The van der Waals surface area contributed by atoms with E-state index in [1.165, 1.54) is 0 Å². The highest BCUT2D eigenvalue weighted by Gasteiger charge is 2.27. The topological polar surface area (TPSA) is 45.5 Å². The number of rotatable bonds is 2. The monoisotopic (exact) mass is 318 g/mol. The summed E-state index contributed by atoms with van der Waals surface area (Å²) in [7, 11) is 0. The summed E-state index contributed by atoms with van der Waals surface area (Å²) in [4.78, 5) is 14.4. The molecule has 22 heavy (non-hydrogen) atoms. The number of carbonyl (C=O) groups is 1. The molecule has 1 N–H and O–H groups in total. The van der Waals surface area contributed by atoms with Gasteiger partial charge in [-0.15, -0.1) is 0 Å². The van der Waals surface area contributed by atoms with Crippen LogP contribution in [0.15, 0.2) is 30.3 Å². The first-order valence-electron chi connectivity index (χ1n) is 7.39. The van der Waals surface area contributed by atoms with E-state index in [1.54, 1.807) is 4.90 Å². The van der Waals surface area contributed by atoms with Gasteiger partial charge in [0.15, 0.2) is 0 Å². The molecular formula is C17H19ClN2O2. The smallest absolute Gasteiger partial charge is 0.255 e. The molecule has 0 radical (unpaired) electrons. The van der Waals surface area contributed by atoms with Crippen LogP contribution in [0.3, 0.4) is 0 Å². The zero-order valence-corrected chi connectivity index (χ0v) is 13.5. The SMILES string of the molecule is Cc1cc(C(=O)N2CC[C@@H](O)C2)c(C)n1-c1ccc(Cl)cc1. The third-order valence-electron chi connectivity index (χ3n) is 4.20. The van der Waals surface area contributed by atoms with Crippen LogP contribution in [0.4, 0.5) is 0 Å². The van der Waals surface area contributed by atoms with Crippen molar-refractivity contribution in [2.24, 2.45) is 0 Å². The van der Waals surface area contributed by atoms with E-state index < -0.39 is 6.10 Å². The Morgan fingerprint density at radius 2 is 1.95 bits per heavy atom. The molecule has 1 aromatic heterocycles. The van der Waals surface area contributed by atoms with Gasteiger partial charge in [0.1, 0.15) is 0 Å². The van der Waals surface area contributed by atoms with Crippen molar-refractivity contribution in [1.29, 1.82) is 0 Å². The Kier molecular flexibility index (Phi) is 3.98. The van der Waals surface area contributed by atoms with Gasteiger partial charge in [-0.1, -0.05) is 11.6 Å². The maximum atomic E-state index is 12.6. The van der Waals surface area contributed by atoms with Crippen molar-refractivity contribution in [3.05, 3.63) is 52.3 Å². The number of hydrogen-bond acceptors (Lipinski definition) is 2. The fourth-order valence-electron chi connectivity index (χ4n) is 3.06. The van der Waals surface area contributed by atoms with E-state index in [1.807, 2.05) is 44.2 Å². The maximum absolute atomic E-state index is 12.6. The summed E-state index contributed by atoms with van der Waals surface area (Å²) in [5.74, 6) is -0.00939. The zero-order valence-electron chi connectivity index (χ0n) is 12.7. The normalized spacial score (nSPS) is 18.0. The molecule has 4 nitrogen and oxygen atoms in total. The van der Waals surface area contributed by atoms with Gasteiger partial charge >= 0.3 is 0 Å². The van der Waals surface area contributed by atoms with E-state index in [4.69, 9.17) is 11.6 Å². The zero-order chi connectivity index (χ0) is 15.9. The van der Waals surface area contributed by atoms with Gasteiger partial charge in [0.05, 0.1) is 11.7 Å². The van der Waals surface area contributed by atoms with Crippen LogP contribution < -0.4 is 0 Å². The lowest BCUT2D eigenvalue weighted by molar-refractivity contribution is 0.0764. The van der Waals surface area contributed by atoms with E-state index in [0.29, 0.717) is 30.1 Å². The molecule has 116 valence electrons. The standard InChI is InChI=1S/C17H19ClN2O2/c1-11-9-16(17(22)19-8-7-15(21)10-19)12(2)20(11)14-5-3-13(18)4-6-14/h3-6,9,15,21H,7-8,10H2,1-2H3/t15-/m1/s1. The lowest BCUT2D eigenvalue weighted by Gasteiger charge is -2.16. The number of nitrogens with zero attached hydrogens (tertiary/aromatic N) is 2. The minimum atomic E-state index is -0.399. The van der Waals surface area contributed by atoms with Crippen molar-refractivity contribution in [1.82, 2.24) is 9.47 Å². The number of aliphatic hydroxyl groups excluding tert-OH is 1. The molecule has 1 aromatic carbocycles. The van der Waals surface area contributed by atoms with Gasteiger partial charge in [-0.05, 0) is 50.6 Å². The summed E-state index contributed by atoms with van der Waals surface area (Å²) < 4.78 is 2.05. The second-order valence-electron chi connectivity index (χ2n) is 5.79. The predicted molar refractivity (Wildman–Crippen MR) is 86.8 cm³/mol. The summed E-state index contributed by atoms with van der Waals surface area (Å²) in [6.07, 6.45) is 0.255. The predicted octanol–water partition coefficient (Wildman–Crippen LogP) is 2.95. The first-order chi connectivity index (χ1) is 10.5. The number of aryl methyl sites for hydroxylation is 1. The molecule has 2 heterocycles. The fourth-order valence-corrected chi connectivity index (χ4v) is 3.19. The van der Waals surface area contributed by atoms with Crippen molar-refractivity contribution in [3.8, 4) is 5.69 Å². The van der Waals surface area contributed by atoms with Gasteiger partial charge in [-0.3, -0.25) is 4.79 Å². The van der Waals surface area contributed by atoms with Crippen LogP contribution in [0, 0.1) is 13.8 Å². The largest absolute Gasteiger partial charge is 0.391 e. The number of halogens is 1. The number of aromatic nitrogens is 1. The molecule has 0 unspecified atom stereocenters. The number of β-amino-alcohol motifs (C(OH)–C–C–N with tert-alkyl or cyclic N) is 1. The molecule has 1 fully saturated rings. The highest BCUT2D eigenvalue weighted by Crippen LogP contribution is 2.24. The Hall–Kier alpha value is -1.78. The van der Waals surface area contributed by atoms with Crippen molar-refractivity contribution in [2.45, 2.75) is 26.4 Å². The second-order valence-corrected chi connectivity index (χ2v) is 6.23. The van der Waals surface area contributed by atoms with Gasteiger partial charge < -0.3 is 14.6 Å². The minimum Gasteiger partial charge on any atom is -0.391 e. The molecule has 2 aromatic rings. The van der Waals surface area contributed by atoms with Crippen molar-refractivity contribution < 1.29 is 9.90 Å². The third kappa shape index (κ3) is 2.64. The molecule has 1 aliphatic heterocycles. The molecule has 1 atom stereocenters. The summed E-state index contributed by atoms with van der Waals surface area (Å²) in [5, 5.41) is 10.3. The molecule has 0 aliphatic carbocycles. The van der Waals surface area contributed by atoms with Gasteiger partial charge in [0.2, 0.25) is 0 Å². The summed E-state index contributed by atoms with van der Waals surface area (Å²) in [5.41, 5.74) is 3.59. The highest BCUT2D eigenvalue weighted by molar-refractivity contribution is 6.30. The van der Waals surface area contributed by atoms with Gasteiger partial charge in [0, 0.05) is 35.2 Å². The van der Waals surface area contributed by atoms with E-state index in [0.717, 1.165) is 17.1 Å². The molecule has 1 amide bonds. The van der Waals surface area contributed by atoms with E-state index in [2.05, 4.69) is 4.57 Å². The van der Waals surface area contributed by atoms with E-state index in [-0.39, 0.29) is 5.91 Å². The summed E-state index contributed by atoms with van der Waals surface area (Å²) in [6.45, 7) is 4.96. The first-order valence-corrected chi connectivity index (χ1v) is 7.77. The van der Waals surface area contributed by atoms with Crippen LogP contribution in [-0.2, 0) is 0 Å². The summed E-state index contributed by atoms with van der Waals surface area (Å²) >= 11 is 5.94. The van der Waals surface area contributed by atoms with Gasteiger partial charge in [0.25, 0.3) is 5.91 Å². The number of aliphatic hydroxyl groups is 1. The molecule has 0 bridgehead atoms. The number of hydrogen-bond donors (Lipinski definition) is 1. The van der Waals surface area contributed by atoms with Crippen molar-refractivity contribution in [3.63, 3.8) is 0 Å². The van der Waals surface area contributed by atoms with Crippen LogP contribution in [0.5, 0.6) is 0 Å². The van der Waals surface area contributed by atoms with Crippen molar-refractivity contribution in [2.75, 3.05) is 13.1 Å². The number of likely N-dealkylation sites (tertiary alicyclic amines) is 1. The average molecular weight is 319 g/mol. The van der Waals surface area contributed by atoms with E-state index >= 15 is 0 Å². The molecule has 5 heteroatoms. The third-order valence-corrected chi connectivity index (χ3v) is 4.45. The maximum Gasteiger partial charge on any atom is 0.255 e. The minimum absolute atomic E-state index is 0.00939. The number of benzene rings is 1. The first kappa shape index (κ1) is 15.1. The summed E-state index contributed by atoms with van der Waals surface area (Å²) in [6, 6.07) is 9.48. The van der Waals surface area contributed by atoms with Crippen LogP contribution in [0.25, 0.3) is 5.69 Å². The Labute approximate surface area is 134 Å². The van der Waals surface area contributed by atoms with Gasteiger partial charge in [-0.25, -0.2) is 0 Å². The van der Waals surface area contributed by atoms with E-state index in [9.17, 15) is 9.90 Å². The van der Waals surface area contributed by atoms with Crippen LogP contribution in [-0.4, -0.2) is 39.7 Å². The second kappa shape index (κ2) is 5.78. The van der Waals surface area contributed by atoms with Crippen LogP contribution >= 0.6 is 11.6 Å². The quantitative estimate of drug-likeness (QED) is 0.925. The number of amides is 1. The van der Waals surface area contributed by atoms with Crippen molar-refractivity contribution >= 4 is 17.5 Å². The molecule has 0 spiro atoms. The lowest BCUT2D eigenvalue weighted by Crippen LogP contribution is -2.29. The molecule has 3 rings (SSSR count). The Morgan fingerprint density at radius 3 is 2.55 bits per heavy atom. The number of carbonyl (C=O) groups excluding carboxylic acids is 1. The Bertz CT molecular complexity index is 706.